The smallest absolute Gasteiger partial charge is 0.149 e. The van der Waals surface area contributed by atoms with Crippen molar-refractivity contribution in [1.82, 2.24) is 15.2 Å². The molecule has 0 radical (unpaired) electrons. The Labute approximate surface area is 206 Å². The van der Waals surface area contributed by atoms with Gasteiger partial charge in [0.15, 0.2) is 0 Å². The largest absolute Gasteiger partial charge is 0.395 e. The van der Waals surface area contributed by atoms with Crippen LogP contribution in [-0.2, 0) is 0 Å². The molecule has 0 saturated carbocycles. The van der Waals surface area contributed by atoms with Crippen LogP contribution in [0.3, 0.4) is 0 Å². The summed E-state index contributed by atoms with van der Waals surface area (Å²) in [4.78, 5) is 9.83. The summed E-state index contributed by atoms with van der Waals surface area (Å²) in [6, 6.07) is 10.2. The van der Waals surface area contributed by atoms with E-state index in [0.29, 0.717) is 11.5 Å². The Morgan fingerprint density at radius 1 is 1.06 bits per heavy atom. The predicted molar refractivity (Wildman–Crippen MR) is 148 cm³/mol. The lowest BCUT2D eigenvalue weighted by molar-refractivity contribution is 0.383. The van der Waals surface area contributed by atoms with Crippen LogP contribution in [0.2, 0.25) is 0 Å². The summed E-state index contributed by atoms with van der Waals surface area (Å²) in [6.45, 7) is 8.60. The lowest BCUT2D eigenvalue weighted by Gasteiger charge is -2.27. The van der Waals surface area contributed by atoms with Gasteiger partial charge in [-0.15, -0.1) is 0 Å². The molecule has 0 bridgehead atoms. The Bertz CT molecular complexity index is 904. The highest BCUT2D eigenvalue weighted by Crippen LogP contribution is 2.24. The van der Waals surface area contributed by atoms with Crippen molar-refractivity contribution >= 4 is 22.4 Å². The van der Waals surface area contributed by atoms with E-state index in [1.54, 1.807) is 6.20 Å². The normalized spacial score (nSPS) is 15.6. The van der Waals surface area contributed by atoms with E-state index < -0.39 is 0 Å². The molecule has 1 aliphatic heterocycles. The maximum absolute atomic E-state index is 6.56. The monoisotopic (exact) mass is 466 g/mol. The number of nitrogens with two attached hydrogens (primary N) is 2. The minimum Gasteiger partial charge on any atom is -0.395 e. The second-order valence-electron chi connectivity index (χ2n) is 9.10. The fourth-order valence-electron chi connectivity index (χ4n) is 4.15. The second kappa shape index (κ2) is 15.2. The summed E-state index contributed by atoms with van der Waals surface area (Å²) >= 11 is 0. The van der Waals surface area contributed by atoms with Crippen molar-refractivity contribution in [1.29, 1.82) is 0 Å². The van der Waals surface area contributed by atoms with Gasteiger partial charge >= 0.3 is 0 Å². The molecular formula is C28H46N6. The molecule has 6 N–H and O–H groups in total. The quantitative estimate of drug-likeness (QED) is 0.291. The van der Waals surface area contributed by atoms with Gasteiger partial charge in [0, 0.05) is 29.8 Å². The number of aliphatic imine (C=N–C) groups is 1. The third kappa shape index (κ3) is 8.24. The molecule has 2 aromatic rings. The Morgan fingerprint density at radius 3 is 2.47 bits per heavy atom. The van der Waals surface area contributed by atoms with Gasteiger partial charge in [-0.2, -0.15) is 0 Å². The lowest BCUT2D eigenvalue weighted by atomic mass is 9.96. The molecule has 1 aromatic heterocycles. The van der Waals surface area contributed by atoms with Gasteiger partial charge in [-0.25, -0.2) is 4.99 Å². The van der Waals surface area contributed by atoms with E-state index in [1.165, 1.54) is 44.9 Å². The molecule has 1 aromatic carbocycles. The maximum atomic E-state index is 6.56. The van der Waals surface area contributed by atoms with Crippen LogP contribution < -0.4 is 16.8 Å². The summed E-state index contributed by atoms with van der Waals surface area (Å²) in [7, 11) is 2.05. The van der Waals surface area contributed by atoms with Crippen LogP contribution in [0.4, 0.5) is 0 Å². The van der Waals surface area contributed by atoms with Crippen LogP contribution in [0, 0.1) is 5.92 Å². The first-order valence-corrected chi connectivity index (χ1v) is 13.0. The zero-order valence-corrected chi connectivity index (χ0v) is 21.7. The molecule has 0 amide bonds. The topological polar surface area (TPSA) is 95.5 Å². The molecule has 0 spiro atoms. The fourth-order valence-corrected chi connectivity index (χ4v) is 4.15. The third-order valence-electron chi connectivity index (χ3n) is 6.29. The third-order valence-corrected chi connectivity index (χ3v) is 6.29. The second-order valence-corrected chi connectivity index (χ2v) is 9.10. The Hall–Kier alpha value is -2.73. The van der Waals surface area contributed by atoms with E-state index in [-0.39, 0.29) is 0 Å². The summed E-state index contributed by atoms with van der Waals surface area (Å²) in [6.07, 6.45) is 13.8. The highest BCUT2D eigenvalue weighted by atomic mass is 15.2. The summed E-state index contributed by atoms with van der Waals surface area (Å²) in [5, 5.41) is 4.47. The molecule has 188 valence electrons. The molecule has 0 unspecified atom stereocenters. The molecule has 34 heavy (non-hydrogen) atoms. The SMILES string of the molecule is CCCC.CCCC[C@H](CCCCN1C=CN=C(N)/C1=C(/N)c1cc2ccccc2[nH]1)CNC. The number of hydrogen-bond acceptors (Lipinski definition) is 5. The van der Waals surface area contributed by atoms with E-state index in [1.807, 2.05) is 31.4 Å². The van der Waals surface area contributed by atoms with Crippen LogP contribution >= 0.6 is 0 Å². The molecule has 0 aliphatic carbocycles. The first-order chi connectivity index (χ1) is 16.5. The van der Waals surface area contributed by atoms with E-state index >= 15 is 0 Å². The van der Waals surface area contributed by atoms with Crippen LogP contribution in [0.5, 0.6) is 0 Å². The molecular weight excluding hydrogens is 420 g/mol. The molecule has 0 fully saturated rings. The Morgan fingerprint density at radius 2 is 1.79 bits per heavy atom. The minimum absolute atomic E-state index is 0.463. The Balaban J connectivity index is 0.000000945. The zero-order valence-electron chi connectivity index (χ0n) is 21.7. The number of fused-ring (bicyclic) bond motifs is 1. The van der Waals surface area contributed by atoms with Crippen LogP contribution in [0.1, 0.15) is 77.8 Å². The van der Waals surface area contributed by atoms with Gasteiger partial charge in [-0.1, -0.05) is 71.1 Å². The first kappa shape index (κ1) is 27.5. The number of amidine groups is 1. The molecule has 3 rings (SSSR count). The lowest BCUT2D eigenvalue weighted by Crippen LogP contribution is -2.33. The predicted octanol–water partition coefficient (Wildman–Crippen LogP) is 5.94. The number of aromatic nitrogens is 1. The summed E-state index contributed by atoms with van der Waals surface area (Å²) in [5.74, 6) is 1.22. The average molecular weight is 467 g/mol. The van der Waals surface area contributed by atoms with Gasteiger partial charge in [0.1, 0.15) is 11.5 Å². The van der Waals surface area contributed by atoms with E-state index in [4.69, 9.17) is 11.5 Å². The molecule has 1 aliphatic rings. The van der Waals surface area contributed by atoms with E-state index in [9.17, 15) is 0 Å². The number of rotatable bonds is 12. The van der Waals surface area contributed by atoms with Crippen molar-refractivity contribution in [3.8, 4) is 0 Å². The van der Waals surface area contributed by atoms with Crippen molar-refractivity contribution < 1.29 is 0 Å². The van der Waals surface area contributed by atoms with Crippen LogP contribution in [0.15, 0.2) is 53.4 Å². The summed E-state index contributed by atoms with van der Waals surface area (Å²) in [5.41, 5.74) is 16.2. The zero-order chi connectivity index (χ0) is 24.8. The number of H-pyrrole nitrogens is 1. The van der Waals surface area contributed by atoms with Crippen molar-refractivity contribution in [2.24, 2.45) is 22.4 Å². The van der Waals surface area contributed by atoms with Crippen molar-refractivity contribution in [3.05, 3.63) is 54.1 Å². The van der Waals surface area contributed by atoms with Gasteiger partial charge in [-0.3, -0.25) is 0 Å². The van der Waals surface area contributed by atoms with E-state index in [0.717, 1.165) is 47.7 Å². The standard InChI is InChI=1S/C24H36N6.C4H10/c1-3-4-9-18(17-27-2)10-7-8-14-30-15-13-28-24(26)23(30)22(25)21-16-19-11-5-6-12-20(19)29-21;1-3-4-2/h5-6,11-13,15-16,18,27,29H,3-4,7-10,14,17,25H2,1-2H3,(H2,26,28);3-4H2,1-2H3/b23-22-;/t18-;/m1./s1. The van der Waals surface area contributed by atoms with Gasteiger partial charge in [0.2, 0.25) is 0 Å². The molecule has 0 saturated heterocycles. The average Bonchev–Trinajstić information content (AvgIpc) is 3.29. The van der Waals surface area contributed by atoms with Gasteiger partial charge < -0.3 is 26.7 Å². The van der Waals surface area contributed by atoms with Gasteiger partial charge in [-0.05, 0) is 50.9 Å². The number of hydrogen-bond donors (Lipinski definition) is 4. The molecule has 2 heterocycles. The maximum Gasteiger partial charge on any atom is 0.149 e. The van der Waals surface area contributed by atoms with E-state index in [2.05, 4.69) is 53.1 Å². The van der Waals surface area contributed by atoms with Crippen LogP contribution in [0.25, 0.3) is 16.6 Å². The van der Waals surface area contributed by atoms with Gasteiger partial charge in [0.05, 0.1) is 11.4 Å². The van der Waals surface area contributed by atoms with Crippen molar-refractivity contribution in [2.45, 2.75) is 72.1 Å². The highest BCUT2D eigenvalue weighted by molar-refractivity contribution is 6.04. The molecule has 6 nitrogen and oxygen atoms in total. The number of nitrogens with zero attached hydrogens (tertiary/aromatic N) is 2. The molecule has 1 atom stereocenters. The highest BCUT2D eigenvalue weighted by Gasteiger charge is 2.20. The summed E-state index contributed by atoms with van der Waals surface area (Å²) < 4.78 is 0. The number of nitrogens with one attached hydrogen (secondary N) is 2. The number of benzene rings is 1. The molecule has 6 heteroatoms. The number of aromatic amines is 1. The Kier molecular flexibility index (Phi) is 12.3. The minimum atomic E-state index is 0.463. The van der Waals surface area contributed by atoms with Gasteiger partial charge in [0.25, 0.3) is 0 Å². The van der Waals surface area contributed by atoms with Crippen molar-refractivity contribution in [2.75, 3.05) is 20.1 Å². The number of unbranched alkanes of at least 4 members (excludes halogenated alkanes) is 3. The fraction of sp³-hybridized carbons (Fsp3) is 0.536. The first-order valence-electron chi connectivity index (χ1n) is 13.0. The van der Waals surface area contributed by atoms with Crippen molar-refractivity contribution in [3.63, 3.8) is 0 Å². The van der Waals surface area contributed by atoms with Crippen LogP contribution in [-0.4, -0.2) is 35.9 Å². The number of para-hydroxylation sites is 1.